The van der Waals surface area contributed by atoms with Crippen LogP contribution in [0.3, 0.4) is 0 Å². The van der Waals surface area contributed by atoms with Crippen molar-refractivity contribution in [1.82, 2.24) is 21.3 Å². The Morgan fingerprint density at radius 3 is 1.24 bits per heavy atom. The second kappa shape index (κ2) is 53.9. The summed E-state index contributed by atoms with van der Waals surface area (Å²) in [5, 5.41) is 122. The zero-order chi connectivity index (χ0) is 73.6. The van der Waals surface area contributed by atoms with Crippen molar-refractivity contribution in [3.05, 3.63) is 0 Å². The van der Waals surface area contributed by atoms with E-state index >= 15 is 0 Å². The van der Waals surface area contributed by atoms with E-state index in [1.54, 1.807) is 6.92 Å². The van der Waals surface area contributed by atoms with E-state index in [9.17, 15) is 70.2 Å². The summed E-state index contributed by atoms with van der Waals surface area (Å²) < 4.78 is 42.1. The van der Waals surface area contributed by atoms with Gasteiger partial charge in [-0.25, -0.2) is 0 Å². The molecule has 3 rings (SSSR count). The van der Waals surface area contributed by atoms with Crippen molar-refractivity contribution in [3.8, 4) is 0 Å². The molecule has 3 heterocycles. The fourth-order valence-electron chi connectivity index (χ4n) is 14.9. The lowest BCUT2D eigenvalue weighted by atomic mass is 9.71. The van der Waals surface area contributed by atoms with Gasteiger partial charge >= 0.3 is 0 Å². The number of aliphatic hydroxyl groups is 10. The highest BCUT2D eigenvalue weighted by molar-refractivity contribution is 5.76. The molecule has 18 unspecified atom stereocenters. The summed E-state index contributed by atoms with van der Waals surface area (Å²) in [7, 11) is 0. The first-order chi connectivity index (χ1) is 48.3. The third kappa shape index (κ3) is 32.9. The van der Waals surface area contributed by atoms with Crippen molar-refractivity contribution in [1.29, 1.82) is 0 Å². The molecule has 0 saturated carbocycles. The minimum atomic E-state index is -1.62. The molecule has 0 radical (unpaired) electrons. The summed E-state index contributed by atoms with van der Waals surface area (Å²) in [6, 6.07) is 0. The Kier molecular flexibility index (Phi) is 49.3. The fourth-order valence-corrected chi connectivity index (χ4v) is 14.9. The second-order valence-electron chi connectivity index (χ2n) is 28.6. The monoisotopic (exact) mass is 1440 g/mol. The number of carbonyl (C=O) groups is 4. The molecular formula is C75H142N4O21. The van der Waals surface area contributed by atoms with E-state index in [-0.39, 0.29) is 61.5 Å². The van der Waals surface area contributed by atoms with Gasteiger partial charge in [0, 0.05) is 89.4 Å². The van der Waals surface area contributed by atoms with E-state index in [2.05, 4.69) is 35.1 Å². The van der Waals surface area contributed by atoms with Crippen LogP contribution >= 0.6 is 0 Å². The van der Waals surface area contributed by atoms with Crippen LogP contribution in [0.5, 0.6) is 0 Å². The van der Waals surface area contributed by atoms with Crippen LogP contribution < -0.4 is 21.3 Å². The summed E-state index contributed by atoms with van der Waals surface area (Å²) in [6.07, 6.45) is 12.3. The molecule has 3 aliphatic heterocycles. The van der Waals surface area contributed by atoms with Crippen LogP contribution in [0.2, 0.25) is 0 Å². The van der Waals surface area contributed by atoms with E-state index in [4.69, 9.17) is 33.2 Å². The lowest BCUT2D eigenvalue weighted by Gasteiger charge is -2.54. The van der Waals surface area contributed by atoms with Crippen molar-refractivity contribution in [2.45, 2.75) is 358 Å². The average Bonchev–Trinajstić information content (AvgIpc) is 0.752. The molecular weight excluding hydrogens is 1290 g/mol. The molecule has 0 aromatic heterocycles. The van der Waals surface area contributed by atoms with Crippen molar-refractivity contribution in [2.24, 2.45) is 23.7 Å². The SMILES string of the molecule is CCCCC(O)(CC)C1C(CO)OC(OC(CC)(CCC)C2C(CO)OC(OCCCCCCNC(=O)CCCCCCCNC(=O)CCCCCCOCCC(=O)NCCCCCCCC(=O)NCCCCCCOC3OC(CO)C(C(CC)CCC)C(O)C3O)C(O)C2O)C(O)C1O. The van der Waals surface area contributed by atoms with Gasteiger partial charge in [0.2, 0.25) is 23.6 Å². The fraction of sp³-hybridized carbons (Fsp3) is 0.947. The summed E-state index contributed by atoms with van der Waals surface area (Å²) in [5.41, 5.74) is -2.75. The van der Waals surface area contributed by atoms with Gasteiger partial charge in [0.1, 0.15) is 18.3 Å². The predicted octanol–water partition coefficient (Wildman–Crippen LogP) is 6.93. The van der Waals surface area contributed by atoms with E-state index in [1.165, 1.54) is 0 Å². The number of unbranched alkanes of at least 4 members (excludes halogenated alkanes) is 18. The van der Waals surface area contributed by atoms with Gasteiger partial charge in [0.05, 0.1) is 74.3 Å². The maximum Gasteiger partial charge on any atom is 0.222 e. The molecule has 3 fully saturated rings. The van der Waals surface area contributed by atoms with Crippen molar-refractivity contribution < 1.29 is 103 Å². The third-order valence-corrected chi connectivity index (χ3v) is 20.9. The predicted molar refractivity (Wildman–Crippen MR) is 381 cm³/mol. The lowest BCUT2D eigenvalue weighted by molar-refractivity contribution is -0.365. The highest BCUT2D eigenvalue weighted by Gasteiger charge is 2.59. The summed E-state index contributed by atoms with van der Waals surface area (Å²) >= 11 is 0. The van der Waals surface area contributed by atoms with Crippen molar-refractivity contribution in [3.63, 3.8) is 0 Å². The molecule has 4 amide bonds. The maximum atomic E-state index is 12.5. The van der Waals surface area contributed by atoms with E-state index in [1.807, 2.05) is 20.8 Å². The molecule has 588 valence electrons. The molecule has 0 aromatic rings. The molecule has 100 heavy (non-hydrogen) atoms. The van der Waals surface area contributed by atoms with Gasteiger partial charge in [-0.15, -0.1) is 0 Å². The quantitative estimate of drug-likeness (QED) is 0.0274. The van der Waals surface area contributed by atoms with Crippen molar-refractivity contribution in [2.75, 3.05) is 72.4 Å². The molecule has 0 spiro atoms. The topological polar surface area (TPSA) is 383 Å². The number of aliphatic hydroxyl groups excluding tert-OH is 9. The molecule has 25 nitrogen and oxygen atoms in total. The Morgan fingerprint density at radius 1 is 0.400 bits per heavy atom. The Labute approximate surface area is 599 Å². The van der Waals surface area contributed by atoms with E-state index in [0.29, 0.717) is 104 Å². The van der Waals surface area contributed by atoms with Gasteiger partial charge in [-0.05, 0) is 95.8 Å². The zero-order valence-electron chi connectivity index (χ0n) is 62.4. The van der Waals surface area contributed by atoms with Gasteiger partial charge in [-0.2, -0.15) is 0 Å². The lowest BCUT2D eigenvalue weighted by Crippen LogP contribution is -2.67. The molecule has 0 bridgehead atoms. The normalized spacial score (nSPS) is 27.1. The van der Waals surface area contributed by atoms with Crippen LogP contribution in [-0.4, -0.2) is 232 Å². The number of carbonyl (C=O) groups excluding carboxylic acids is 4. The largest absolute Gasteiger partial charge is 0.394 e. The molecule has 0 aromatic carbocycles. The van der Waals surface area contributed by atoms with Crippen molar-refractivity contribution >= 4 is 23.6 Å². The number of ether oxygens (including phenoxy) is 7. The first kappa shape index (κ1) is 91.4. The standard InChI is InChI=1S/C75H142N4O21/c1-7-13-42-74(93,11-5)63-56(52-81)99-73(70(92)66(63)88)100-75(12-6,41-9-3)64-57(53-82)98-72(69(91)67(64)89)96-49-35-25-22-32-45-78-58(83)37-26-16-14-19-29-43-76-60(85)39-28-18-23-33-47-94-50-40-61(86)79-46-30-20-15-17-27-38-59(84)77-44-31-21-24-34-48-95-71-68(90)65(87)62(55(51-80)97-71)54(10-4)36-8-2/h54-57,62-73,80-82,87-93H,7-53H2,1-6H3,(H,76,85)(H,77,84)(H,78,83)(H,79,86). The molecule has 0 aliphatic carbocycles. The zero-order valence-corrected chi connectivity index (χ0v) is 62.4. The second-order valence-corrected chi connectivity index (χ2v) is 28.6. The minimum Gasteiger partial charge on any atom is -0.394 e. The van der Waals surface area contributed by atoms with Crippen LogP contribution in [-0.2, 0) is 52.3 Å². The van der Waals surface area contributed by atoms with Gasteiger partial charge in [0.25, 0.3) is 0 Å². The van der Waals surface area contributed by atoms with Crippen LogP contribution in [0, 0.1) is 23.7 Å². The van der Waals surface area contributed by atoms with Crippen LogP contribution in [0.4, 0.5) is 0 Å². The van der Waals surface area contributed by atoms with E-state index in [0.717, 1.165) is 161 Å². The Morgan fingerprint density at radius 2 is 0.800 bits per heavy atom. The minimum absolute atomic E-state index is 0.0168. The van der Waals surface area contributed by atoms with Gasteiger partial charge < -0.3 is 105 Å². The highest BCUT2D eigenvalue weighted by Crippen LogP contribution is 2.46. The molecule has 3 aliphatic rings. The highest BCUT2D eigenvalue weighted by atomic mass is 16.7. The molecule has 18 atom stereocenters. The maximum absolute atomic E-state index is 12.5. The molecule has 3 saturated heterocycles. The Hall–Kier alpha value is -2.80. The summed E-state index contributed by atoms with van der Waals surface area (Å²) in [5.74, 6) is -2.06. The molecule has 25 heteroatoms. The van der Waals surface area contributed by atoms with Crippen LogP contribution in [0.1, 0.15) is 273 Å². The van der Waals surface area contributed by atoms with Gasteiger partial charge in [0.15, 0.2) is 18.9 Å². The van der Waals surface area contributed by atoms with E-state index < -0.39 is 110 Å². The first-order valence-electron chi connectivity index (χ1n) is 39.5. The molecule has 14 N–H and O–H groups in total. The number of hydrogen-bond acceptors (Lipinski definition) is 21. The van der Waals surface area contributed by atoms with Crippen LogP contribution in [0.25, 0.3) is 0 Å². The average molecular weight is 1440 g/mol. The van der Waals surface area contributed by atoms with Gasteiger partial charge in [-0.1, -0.05) is 157 Å². The van der Waals surface area contributed by atoms with Crippen LogP contribution in [0.15, 0.2) is 0 Å². The van der Waals surface area contributed by atoms with Gasteiger partial charge in [-0.3, -0.25) is 19.2 Å². The Bertz CT molecular complexity index is 2110. The number of hydrogen-bond donors (Lipinski definition) is 14. The smallest absolute Gasteiger partial charge is 0.222 e. The Balaban J connectivity index is 1.08. The number of rotatable bonds is 60. The number of amides is 4. The first-order valence-corrected chi connectivity index (χ1v) is 39.5. The summed E-state index contributed by atoms with van der Waals surface area (Å²) in [6.45, 7) is 14.3. The summed E-state index contributed by atoms with van der Waals surface area (Å²) in [4.78, 5) is 49.4. The third-order valence-electron chi connectivity index (χ3n) is 20.9. The number of nitrogens with one attached hydrogen (secondary N) is 4.